The van der Waals surface area contributed by atoms with Crippen LogP contribution in [0.3, 0.4) is 0 Å². The van der Waals surface area contributed by atoms with E-state index in [9.17, 15) is 13.2 Å². The Balaban J connectivity index is 3.15. The summed E-state index contributed by atoms with van der Waals surface area (Å²) in [6.45, 7) is 1.55. The fraction of sp³-hybridized carbons (Fsp3) is 0.300. The molecule has 0 spiro atoms. The van der Waals surface area contributed by atoms with E-state index in [0.29, 0.717) is 11.3 Å². The average Bonchev–Trinajstić information content (AvgIpc) is 2.15. The maximum absolute atomic E-state index is 12.4. The quantitative estimate of drug-likeness (QED) is 0.575. The molecule has 0 saturated heterocycles. The number of alkyl halides is 3. The summed E-state index contributed by atoms with van der Waals surface area (Å²) in [6.07, 6.45) is -4.35. The zero-order valence-corrected chi connectivity index (χ0v) is 8.89. The number of hydrogen-bond donors (Lipinski definition) is 2. The summed E-state index contributed by atoms with van der Waals surface area (Å²) in [7, 11) is 1.53. The molecular weight excluding hydrogens is 219 g/mol. The maximum atomic E-state index is 12.4. The molecule has 0 aromatic heterocycles. The topological polar surface area (TPSA) is 53.1 Å². The molecule has 1 aromatic carbocycles. The van der Waals surface area contributed by atoms with Gasteiger partial charge in [-0.05, 0) is 30.7 Å². The highest BCUT2D eigenvalue weighted by Crippen LogP contribution is 2.32. The van der Waals surface area contributed by atoms with Gasteiger partial charge in [-0.2, -0.15) is 13.2 Å². The van der Waals surface area contributed by atoms with Gasteiger partial charge in [-0.15, -0.1) is 0 Å². The normalized spacial score (nSPS) is 11.3. The van der Waals surface area contributed by atoms with E-state index >= 15 is 0 Å². The molecule has 3 N–H and O–H groups in total. The van der Waals surface area contributed by atoms with Crippen LogP contribution >= 0.6 is 0 Å². The monoisotopic (exact) mass is 231 g/mol. The lowest BCUT2D eigenvalue weighted by Gasteiger charge is -2.20. The first-order valence-corrected chi connectivity index (χ1v) is 4.49. The smallest absolute Gasteiger partial charge is 0.370 e. The molecule has 0 amide bonds. The summed E-state index contributed by atoms with van der Waals surface area (Å²) >= 11 is 0. The average molecular weight is 231 g/mol. The van der Waals surface area contributed by atoms with Crippen molar-refractivity contribution in [3.05, 3.63) is 29.3 Å². The number of nitrogens with zero attached hydrogens (tertiary/aromatic N) is 1. The van der Waals surface area contributed by atoms with Crippen LogP contribution in [-0.4, -0.2) is 13.0 Å². The van der Waals surface area contributed by atoms with E-state index in [2.05, 4.69) is 0 Å². The molecule has 0 aliphatic carbocycles. The molecule has 0 fully saturated rings. The largest absolute Gasteiger partial charge is 0.416 e. The van der Waals surface area contributed by atoms with Gasteiger partial charge >= 0.3 is 6.18 Å². The first kappa shape index (κ1) is 12.4. The van der Waals surface area contributed by atoms with Gasteiger partial charge in [0.1, 0.15) is 0 Å². The van der Waals surface area contributed by atoms with Crippen molar-refractivity contribution < 1.29 is 13.2 Å². The van der Waals surface area contributed by atoms with E-state index in [1.807, 2.05) is 0 Å². The molecule has 0 atom stereocenters. The van der Waals surface area contributed by atoms with Crippen LogP contribution in [-0.2, 0) is 6.18 Å². The van der Waals surface area contributed by atoms with E-state index < -0.39 is 11.7 Å². The van der Waals surface area contributed by atoms with Gasteiger partial charge in [0.15, 0.2) is 5.96 Å². The van der Waals surface area contributed by atoms with Crippen LogP contribution in [0.15, 0.2) is 18.2 Å². The second-order valence-electron chi connectivity index (χ2n) is 3.44. The van der Waals surface area contributed by atoms with Crippen LogP contribution in [0.25, 0.3) is 0 Å². The van der Waals surface area contributed by atoms with Crippen molar-refractivity contribution in [3.63, 3.8) is 0 Å². The summed E-state index contributed by atoms with van der Waals surface area (Å²) in [5.74, 6) is -0.220. The minimum absolute atomic E-state index is 0.220. The predicted molar refractivity (Wildman–Crippen MR) is 56.5 cm³/mol. The minimum Gasteiger partial charge on any atom is -0.370 e. The third kappa shape index (κ3) is 2.44. The number of anilines is 1. The molecule has 0 aliphatic rings. The van der Waals surface area contributed by atoms with Crippen LogP contribution in [0.5, 0.6) is 0 Å². The number of halogens is 3. The molecule has 6 heteroatoms. The predicted octanol–water partition coefficient (Wildman–Crippen LogP) is 2.34. The van der Waals surface area contributed by atoms with E-state index in [1.165, 1.54) is 18.0 Å². The van der Waals surface area contributed by atoms with Crippen molar-refractivity contribution in [2.24, 2.45) is 5.73 Å². The second kappa shape index (κ2) is 4.03. The van der Waals surface area contributed by atoms with Crippen molar-refractivity contribution in [1.82, 2.24) is 0 Å². The second-order valence-corrected chi connectivity index (χ2v) is 3.44. The molecule has 0 bridgehead atoms. The van der Waals surface area contributed by atoms with Crippen LogP contribution < -0.4 is 10.6 Å². The lowest BCUT2D eigenvalue weighted by atomic mass is 10.1. The number of nitrogens with one attached hydrogen (secondary N) is 1. The fourth-order valence-electron chi connectivity index (χ4n) is 1.34. The number of hydrogen-bond acceptors (Lipinski definition) is 1. The lowest BCUT2D eigenvalue weighted by molar-refractivity contribution is -0.137. The van der Waals surface area contributed by atoms with Gasteiger partial charge < -0.3 is 10.6 Å². The van der Waals surface area contributed by atoms with Crippen molar-refractivity contribution in [1.29, 1.82) is 5.41 Å². The van der Waals surface area contributed by atoms with Gasteiger partial charge in [0.25, 0.3) is 0 Å². The maximum Gasteiger partial charge on any atom is 0.416 e. The van der Waals surface area contributed by atoms with Gasteiger partial charge in [-0.1, -0.05) is 0 Å². The Kier molecular flexibility index (Phi) is 3.11. The third-order valence-electron chi connectivity index (χ3n) is 2.25. The molecule has 0 heterocycles. The Morgan fingerprint density at radius 1 is 1.38 bits per heavy atom. The summed E-state index contributed by atoms with van der Waals surface area (Å²) < 4.78 is 37.1. The number of nitrogens with two attached hydrogens (primary N) is 1. The molecule has 0 saturated carbocycles. The summed E-state index contributed by atoms with van der Waals surface area (Å²) in [5, 5.41) is 7.19. The van der Waals surface area contributed by atoms with Crippen molar-refractivity contribution in [3.8, 4) is 0 Å². The van der Waals surface area contributed by atoms with Crippen LogP contribution in [0.4, 0.5) is 18.9 Å². The van der Waals surface area contributed by atoms with Crippen LogP contribution in [0.1, 0.15) is 11.1 Å². The van der Waals surface area contributed by atoms with E-state index in [-0.39, 0.29) is 5.96 Å². The van der Waals surface area contributed by atoms with Crippen LogP contribution in [0.2, 0.25) is 0 Å². The van der Waals surface area contributed by atoms with E-state index in [1.54, 1.807) is 6.92 Å². The summed E-state index contributed by atoms with van der Waals surface area (Å²) in [5.41, 5.74) is 5.45. The zero-order chi connectivity index (χ0) is 12.5. The Morgan fingerprint density at radius 3 is 2.31 bits per heavy atom. The highest BCUT2D eigenvalue weighted by molar-refractivity contribution is 5.92. The molecule has 0 unspecified atom stereocenters. The molecule has 3 nitrogen and oxygen atoms in total. The lowest BCUT2D eigenvalue weighted by Crippen LogP contribution is -2.33. The number of aryl methyl sites for hydroxylation is 1. The Bertz CT molecular complexity index is 412. The van der Waals surface area contributed by atoms with Crippen molar-refractivity contribution >= 4 is 11.6 Å². The summed E-state index contributed by atoms with van der Waals surface area (Å²) in [6, 6.07) is 3.32. The summed E-state index contributed by atoms with van der Waals surface area (Å²) in [4.78, 5) is 1.31. The van der Waals surface area contributed by atoms with E-state index in [0.717, 1.165) is 12.1 Å². The molecule has 1 aromatic rings. The van der Waals surface area contributed by atoms with Gasteiger partial charge in [0, 0.05) is 12.7 Å². The van der Waals surface area contributed by atoms with Gasteiger partial charge in [0.2, 0.25) is 0 Å². The molecule has 0 radical (unpaired) electrons. The molecular formula is C10H12F3N3. The van der Waals surface area contributed by atoms with Gasteiger partial charge in [0.05, 0.1) is 5.56 Å². The Labute approximate surface area is 91.2 Å². The van der Waals surface area contributed by atoms with Gasteiger partial charge in [-0.25, -0.2) is 0 Å². The van der Waals surface area contributed by atoms with E-state index in [4.69, 9.17) is 11.1 Å². The Morgan fingerprint density at radius 2 is 1.94 bits per heavy atom. The molecule has 88 valence electrons. The fourth-order valence-corrected chi connectivity index (χ4v) is 1.34. The molecule has 0 aliphatic heterocycles. The zero-order valence-electron chi connectivity index (χ0n) is 8.89. The first-order valence-electron chi connectivity index (χ1n) is 4.49. The molecule has 1 rings (SSSR count). The van der Waals surface area contributed by atoms with Crippen molar-refractivity contribution in [2.75, 3.05) is 11.9 Å². The minimum atomic E-state index is -4.35. The van der Waals surface area contributed by atoms with Crippen LogP contribution in [0, 0.1) is 12.3 Å². The Hall–Kier alpha value is -1.72. The van der Waals surface area contributed by atoms with Crippen molar-refractivity contribution in [2.45, 2.75) is 13.1 Å². The number of rotatable bonds is 1. The number of benzene rings is 1. The first-order chi connectivity index (χ1) is 7.23. The number of guanidine groups is 1. The standard InChI is InChI=1S/C10H12F3N3/c1-6-5-7(10(11,12)13)3-4-8(6)16(2)9(14)15/h3-5H,1-2H3,(H3,14,15). The SMILES string of the molecule is Cc1cc(C(F)(F)F)ccc1N(C)C(=N)N. The highest BCUT2D eigenvalue weighted by atomic mass is 19.4. The molecule has 16 heavy (non-hydrogen) atoms. The highest BCUT2D eigenvalue weighted by Gasteiger charge is 2.30. The third-order valence-corrected chi connectivity index (χ3v) is 2.25. The van der Waals surface area contributed by atoms with Gasteiger partial charge in [-0.3, -0.25) is 5.41 Å².